The summed E-state index contributed by atoms with van der Waals surface area (Å²) in [5.74, 6) is 0.748. The fraction of sp³-hybridized carbons (Fsp3) is 0.321. The molecule has 0 saturated carbocycles. The molecule has 2 N–H and O–H groups in total. The van der Waals surface area contributed by atoms with Crippen LogP contribution in [0, 0.1) is 0 Å². The summed E-state index contributed by atoms with van der Waals surface area (Å²) in [5, 5.41) is 0. The summed E-state index contributed by atoms with van der Waals surface area (Å²) >= 11 is 0. The molecule has 4 rings (SSSR count). The molecule has 3 aromatic rings. The van der Waals surface area contributed by atoms with E-state index >= 15 is 0 Å². The van der Waals surface area contributed by atoms with Crippen LogP contribution in [0.5, 0.6) is 11.5 Å². The first-order valence-corrected chi connectivity index (χ1v) is 11.7. The van der Waals surface area contributed by atoms with Crippen molar-refractivity contribution in [1.82, 2.24) is 4.90 Å². The number of aryl methyl sites for hydroxylation is 1. The monoisotopic (exact) mass is 498 g/mol. The zero-order valence-corrected chi connectivity index (χ0v) is 20.2. The highest BCUT2D eigenvalue weighted by Gasteiger charge is 2.36. The van der Waals surface area contributed by atoms with Crippen LogP contribution in [-0.2, 0) is 23.8 Å². The van der Waals surface area contributed by atoms with Crippen LogP contribution < -0.4 is 15.2 Å². The molecule has 0 bridgehead atoms. The fourth-order valence-corrected chi connectivity index (χ4v) is 5.00. The lowest BCUT2D eigenvalue weighted by Gasteiger charge is -2.41. The number of nitrogens with zero attached hydrogens (tertiary/aromatic N) is 1. The molecular weight excluding hydrogens is 469 g/mol. The number of alkyl halides is 3. The van der Waals surface area contributed by atoms with Crippen LogP contribution in [0.3, 0.4) is 0 Å². The van der Waals surface area contributed by atoms with Gasteiger partial charge in [-0.3, -0.25) is 9.69 Å². The molecule has 3 aromatic carbocycles. The first kappa shape index (κ1) is 25.6. The Morgan fingerprint density at radius 3 is 2.25 bits per heavy atom. The van der Waals surface area contributed by atoms with Crippen molar-refractivity contribution in [2.45, 2.75) is 37.5 Å². The summed E-state index contributed by atoms with van der Waals surface area (Å²) in [5.41, 5.74) is 8.90. The Labute approximate surface area is 208 Å². The molecule has 1 aliphatic rings. The van der Waals surface area contributed by atoms with Gasteiger partial charge in [0.1, 0.15) is 6.04 Å². The fourth-order valence-electron chi connectivity index (χ4n) is 5.00. The zero-order chi connectivity index (χ0) is 25.9. The molecule has 190 valence electrons. The highest BCUT2D eigenvalue weighted by molar-refractivity contribution is 5.81. The van der Waals surface area contributed by atoms with Crippen LogP contribution in [0.2, 0.25) is 0 Å². The van der Waals surface area contributed by atoms with Crippen molar-refractivity contribution < 1.29 is 27.4 Å². The largest absolute Gasteiger partial charge is 0.493 e. The van der Waals surface area contributed by atoms with E-state index in [0.29, 0.717) is 37.3 Å². The van der Waals surface area contributed by atoms with Gasteiger partial charge >= 0.3 is 6.18 Å². The zero-order valence-electron chi connectivity index (χ0n) is 20.2. The lowest BCUT2D eigenvalue weighted by Crippen LogP contribution is -2.44. The second-order valence-electron chi connectivity index (χ2n) is 8.86. The Bertz CT molecular complexity index is 1200. The molecule has 0 spiro atoms. The van der Waals surface area contributed by atoms with Crippen LogP contribution in [0.15, 0.2) is 66.7 Å². The number of methoxy groups -OCH3 is 2. The Hall–Kier alpha value is -3.52. The SMILES string of the molecule is COc1cc2c(cc1OC)[C@H](CCc1ccc(C(F)(F)F)cc1)N([C@@H](C(N)=O)c1ccccc1)CC2. The normalized spacial score (nSPS) is 16.8. The summed E-state index contributed by atoms with van der Waals surface area (Å²) in [6.07, 6.45) is -2.60. The first-order chi connectivity index (χ1) is 17.2. The van der Waals surface area contributed by atoms with Crippen molar-refractivity contribution in [3.63, 3.8) is 0 Å². The lowest BCUT2D eigenvalue weighted by molar-refractivity contribution is -0.137. The van der Waals surface area contributed by atoms with Gasteiger partial charge in [0.15, 0.2) is 11.5 Å². The average Bonchev–Trinajstić information content (AvgIpc) is 2.87. The van der Waals surface area contributed by atoms with E-state index in [1.807, 2.05) is 42.5 Å². The maximum atomic E-state index is 13.0. The molecule has 5 nitrogen and oxygen atoms in total. The van der Waals surface area contributed by atoms with Crippen LogP contribution in [-0.4, -0.2) is 31.6 Å². The Morgan fingerprint density at radius 1 is 1.03 bits per heavy atom. The molecule has 0 unspecified atom stereocenters. The number of fused-ring (bicyclic) bond motifs is 1. The molecule has 36 heavy (non-hydrogen) atoms. The van der Waals surface area contributed by atoms with Gasteiger partial charge in [-0.2, -0.15) is 13.2 Å². The lowest BCUT2D eigenvalue weighted by atomic mass is 9.86. The number of benzene rings is 3. The molecule has 8 heteroatoms. The number of nitrogens with two attached hydrogens (primary N) is 1. The number of amides is 1. The molecule has 1 aliphatic heterocycles. The van der Waals surface area contributed by atoms with E-state index < -0.39 is 23.7 Å². The molecule has 0 aromatic heterocycles. The standard InChI is InChI=1S/C28H29F3N2O3/c1-35-24-16-20-14-15-33(26(27(32)34)19-6-4-3-5-7-19)23(22(20)17-25(24)36-2)13-10-18-8-11-21(12-9-18)28(29,30)31/h3-9,11-12,16-17,23,26H,10,13-15H2,1-2H3,(H2,32,34)/t23-,26+/m0/s1. The molecule has 0 radical (unpaired) electrons. The van der Waals surface area contributed by atoms with Crippen molar-refractivity contribution in [1.29, 1.82) is 0 Å². The second-order valence-corrected chi connectivity index (χ2v) is 8.86. The van der Waals surface area contributed by atoms with Gasteiger partial charge in [-0.15, -0.1) is 0 Å². The first-order valence-electron chi connectivity index (χ1n) is 11.7. The second kappa shape index (κ2) is 10.6. The third-order valence-electron chi connectivity index (χ3n) is 6.75. The average molecular weight is 499 g/mol. The minimum absolute atomic E-state index is 0.214. The number of primary amides is 1. The van der Waals surface area contributed by atoms with Gasteiger partial charge in [0.05, 0.1) is 19.8 Å². The smallest absolute Gasteiger partial charge is 0.416 e. The molecule has 0 fully saturated rings. The van der Waals surface area contributed by atoms with Gasteiger partial charge in [-0.05, 0) is 65.8 Å². The maximum Gasteiger partial charge on any atom is 0.416 e. The van der Waals surface area contributed by atoms with Gasteiger partial charge in [-0.1, -0.05) is 42.5 Å². The Kier molecular flexibility index (Phi) is 7.54. The van der Waals surface area contributed by atoms with Gasteiger partial charge in [0, 0.05) is 12.6 Å². The van der Waals surface area contributed by atoms with Crippen LogP contribution in [0.1, 0.15) is 46.3 Å². The van der Waals surface area contributed by atoms with E-state index in [1.165, 1.54) is 12.1 Å². The van der Waals surface area contributed by atoms with Gasteiger partial charge in [0.25, 0.3) is 0 Å². The van der Waals surface area contributed by atoms with E-state index in [2.05, 4.69) is 4.90 Å². The van der Waals surface area contributed by atoms with Gasteiger partial charge < -0.3 is 15.2 Å². The number of halogens is 3. The third kappa shape index (κ3) is 5.33. The third-order valence-corrected chi connectivity index (χ3v) is 6.75. The molecule has 2 atom stereocenters. The Morgan fingerprint density at radius 2 is 1.67 bits per heavy atom. The Balaban J connectivity index is 1.71. The number of hydrogen-bond acceptors (Lipinski definition) is 4. The van der Waals surface area contributed by atoms with Crippen LogP contribution >= 0.6 is 0 Å². The topological polar surface area (TPSA) is 64.8 Å². The minimum Gasteiger partial charge on any atom is -0.493 e. The highest BCUT2D eigenvalue weighted by atomic mass is 19.4. The number of carbonyl (C=O) groups excluding carboxylic acids is 1. The summed E-state index contributed by atoms with van der Waals surface area (Å²) in [4.78, 5) is 14.8. The van der Waals surface area contributed by atoms with Crippen molar-refractivity contribution >= 4 is 5.91 Å². The molecule has 0 saturated heterocycles. The van der Waals surface area contributed by atoms with E-state index in [0.717, 1.165) is 34.4 Å². The van der Waals surface area contributed by atoms with Crippen LogP contribution in [0.4, 0.5) is 13.2 Å². The highest BCUT2D eigenvalue weighted by Crippen LogP contribution is 2.43. The molecule has 0 aliphatic carbocycles. The van der Waals surface area contributed by atoms with Gasteiger partial charge in [0.2, 0.25) is 5.91 Å². The van der Waals surface area contributed by atoms with Gasteiger partial charge in [-0.25, -0.2) is 0 Å². The predicted molar refractivity (Wildman–Crippen MR) is 131 cm³/mol. The van der Waals surface area contributed by atoms with Crippen molar-refractivity contribution in [2.75, 3.05) is 20.8 Å². The minimum atomic E-state index is -4.38. The summed E-state index contributed by atoms with van der Waals surface area (Å²) in [7, 11) is 3.15. The summed E-state index contributed by atoms with van der Waals surface area (Å²) < 4.78 is 50.0. The predicted octanol–water partition coefficient (Wildman–Crippen LogP) is 5.48. The van der Waals surface area contributed by atoms with Crippen molar-refractivity contribution in [2.24, 2.45) is 5.73 Å². The van der Waals surface area contributed by atoms with E-state index in [4.69, 9.17) is 15.2 Å². The quantitative estimate of drug-likeness (QED) is 0.447. The van der Waals surface area contributed by atoms with E-state index in [-0.39, 0.29) is 6.04 Å². The number of carbonyl (C=O) groups is 1. The number of hydrogen-bond donors (Lipinski definition) is 1. The molecule has 1 heterocycles. The van der Waals surface area contributed by atoms with Crippen LogP contribution in [0.25, 0.3) is 0 Å². The van der Waals surface area contributed by atoms with E-state index in [9.17, 15) is 18.0 Å². The summed E-state index contributed by atoms with van der Waals surface area (Å²) in [6, 6.07) is 17.6. The van der Waals surface area contributed by atoms with Crippen molar-refractivity contribution in [3.8, 4) is 11.5 Å². The van der Waals surface area contributed by atoms with E-state index in [1.54, 1.807) is 14.2 Å². The molecule has 1 amide bonds. The number of rotatable bonds is 8. The number of ether oxygens (including phenoxy) is 2. The maximum absolute atomic E-state index is 13.0. The molecular formula is C28H29F3N2O3. The van der Waals surface area contributed by atoms with Crippen molar-refractivity contribution in [3.05, 3.63) is 94.5 Å². The summed E-state index contributed by atoms with van der Waals surface area (Å²) in [6.45, 7) is 0.586.